The van der Waals surface area contributed by atoms with Crippen molar-refractivity contribution in [2.45, 2.75) is 0 Å². The molecule has 0 saturated carbocycles. The predicted octanol–water partition coefficient (Wildman–Crippen LogP) is 2.41. The van der Waals surface area contributed by atoms with Crippen LogP contribution < -0.4 is 0 Å². The minimum absolute atomic E-state index is 0.456. The van der Waals surface area contributed by atoms with Crippen molar-refractivity contribution in [2.75, 3.05) is 20.0 Å². The summed E-state index contributed by atoms with van der Waals surface area (Å²) in [6.07, 6.45) is 3.62. The smallest absolute Gasteiger partial charge is 0.0488 e. The van der Waals surface area contributed by atoms with E-state index in [1.54, 1.807) is 6.08 Å². The molecule has 0 fully saturated rings. The Bertz CT molecular complexity index is 180. The van der Waals surface area contributed by atoms with E-state index in [4.69, 9.17) is 11.6 Å². The van der Waals surface area contributed by atoms with Gasteiger partial charge in [-0.05, 0) is 11.6 Å². The highest BCUT2D eigenvalue weighted by molar-refractivity contribution is 6.19. The lowest BCUT2D eigenvalue weighted by molar-refractivity contribution is 0.522. The molecule has 0 amide bonds. The lowest BCUT2D eigenvalue weighted by atomic mass is 10.2. The molecular weight excluding hydrogens is 158 g/mol. The average molecular weight is 172 g/mol. The molecule has 0 aliphatic heterocycles. The molecule has 0 aliphatic rings. The quantitative estimate of drug-likeness (QED) is 0.464. The molecule has 2 heteroatoms. The lowest BCUT2D eigenvalue weighted by Gasteiger charge is -2.17. The monoisotopic (exact) mass is 171 g/mol. The SMILES string of the molecule is C=C/C=C(\C(=C)CCl)N(C)C. The molecule has 0 aromatic carbocycles. The minimum atomic E-state index is 0.456. The van der Waals surface area contributed by atoms with Crippen LogP contribution in [0.2, 0.25) is 0 Å². The van der Waals surface area contributed by atoms with Gasteiger partial charge in [-0.2, -0.15) is 0 Å². The summed E-state index contributed by atoms with van der Waals surface area (Å²) in [5.74, 6) is 0.456. The summed E-state index contributed by atoms with van der Waals surface area (Å²) in [6.45, 7) is 7.44. The first-order valence-corrected chi connectivity index (χ1v) is 3.91. The van der Waals surface area contributed by atoms with Gasteiger partial charge in [-0.1, -0.05) is 19.2 Å². The van der Waals surface area contributed by atoms with Crippen LogP contribution in [0, 0.1) is 0 Å². The minimum Gasteiger partial charge on any atom is -0.377 e. The van der Waals surface area contributed by atoms with Gasteiger partial charge in [0.1, 0.15) is 0 Å². The van der Waals surface area contributed by atoms with E-state index < -0.39 is 0 Å². The normalized spacial score (nSPS) is 11.0. The van der Waals surface area contributed by atoms with Crippen molar-refractivity contribution in [3.8, 4) is 0 Å². The molecule has 11 heavy (non-hydrogen) atoms. The highest BCUT2D eigenvalue weighted by Crippen LogP contribution is 2.11. The zero-order valence-electron chi connectivity index (χ0n) is 7.10. The zero-order valence-corrected chi connectivity index (χ0v) is 7.86. The zero-order chi connectivity index (χ0) is 8.85. The van der Waals surface area contributed by atoms with E-state index in [0.29, 0.717) is 5.88 Å². The number of halogens is 1. The van der Waals surface area contributed by atoms with Crippen LogP contribution in [0.1, 0.15) is 0 Å². The van der Waals surface area contributed by atoms with Crippen LogP contribution in [0.25, 0.3) is 0 Å². The maximum absolute atomic E-state index is 5.63. The van der Waals surface area contributed by atoms with Crippen molar-refractivity contribution < 1.29 is 0 Å². The number of hydrogen-bond donors (Lipinski definition) is 0. The third-order valence-electron chi connectivity index (χ3n) is 1.28. The van der Waals surface area contributed by atoms with Crippen LogP contribution in [0.5, 0.6) is 0 Å². The molecule has 0 aromatic rings. The number of alkyl halides is 1. The number of hydrogen-bond acceptors (Lipinski definition) is 1. The molecule has 1 nitrogen and oxygen atoms in total. The summed E-state index contributed by atoms with van der Waals surface area (Å²) in [5.41, 5.74) is 1.94. The highest BCUT2D eigenvalue weighted by Gasteiger charge is 2.01. The van der Waals surface area contributed by atoms with Gasteiger partial charge in [-0.3, -0.25) is 0 Å². The number of rotatable bonds is 4. The Hall–Kier alpha value is -0.690. The van der Waals surface area contributed by atoms with Crippen LogP contribution in [-0.4, -0.2) is 24.9 Å². The Morgan fingerprint density at radius 3 is 2.36 bits per heavy atom. The molecule has 0 spiro atoms. The molecule has 0 aliphatic carbocycles. The fourth-order valence-electron chi connectivity index (χ4n) is 0.763. The number of allylic oxidation sites excluding steroid dienone is 3. The van der Waals surface area contributed by atoms with E-state index in [1.165, 1.54) is 0 Å². The van der Waals surface area contributed by atoms with Crippen molar-refractivity contribution in [3.05, 3.63) is 36.6 Å². The molecule has 0 heterocycles. The van der Waals surface area contributed by atoms with Crippen LogP contribution >= 0.6 is 11.6 Å². The molecule has 0 aromatic heterocycles. The second-order valence-corrected chi connectivity index (χ2v) is 2.69. The second-order valence-electron chi connectivity index (χ2n) is 2.42. The van der Waals surface area contributed by atoms with Gasteiger partial charge in [-0.15, -0.1) is 11.6 Å². The van der Waals surface area contributed by atoms with Crippen LogP contribution in [0.3, 0.4) is 0 Å². The number of nitrogens with zero attached hydrogens (tertiary/aromatic N) is 1. The van der Waals surface area contributed by atoms with Gasteiger partial charge in [0.05, 0.1) is 0 Å². The molecule has 0 rings (SSSR count). The van der Waals surface area contributed by atoms with Crippen molar-refractivity contribution in [1.82, 2.24) is 4.90 Å². The van der Waals surface area contributed by atoms with Crippen molar-refractivity contribution in [2.24, 2.45) is 0 Å². The van der Waals surface area contributed by atoms with E-state index in [1.807, 2.05) is 25.1 Å². The van der Waals surface area contributed by atoms with Gasteiger partial charge in [0, 0.05) is 25.7 Å². The van der Waals surface area contributed by atoms with Crippen LogP contribution in [0.4, 0.5) is 0 Å². The van der Waals surface area contributed by atoms with Crippen LogP contribution in [-0.2, 0) is 0 Å². The highest BCUT2D eigenvalue weighted by atomic mass is 35.5. The van der Waals surface area contributed by atoms with Gasteiger partial charge in [-0.25, -0.2) is 0 Å². The average Bonchev–Trinajstić information content (AvgIpc) is 1.98. The van der Waals surface area contributed by atoms with Gasteiger partial charge in [0.25, 0.3) is 0 Å². The van der Waals surface area contributed by atoms with Crippen molar-refractivity contribution in [3.63, 3.8) is 0 Å². The van der Waals surface area contributed by atoms with E-state index in [9.17, 15) is 0 Å². The summed E-state index contributed by atoms with van der Waals surface area (Å²) in [4.78, 5) is 1.96. The third kappa shape index (κ3) is 3.28. The summed E-state index contributed by atoms with van der Waals surface area (Å²) in [5, 5.41) is 0. The molecule has 0 N–H and O–H groups in total. The fraction of sp³-hybridized carbons (Fsp3) is 0.333. The summed E-state index contributed by atoms with van der Waals surface area (Å²) >= 11 is 5.63. The Morgan fingerprint density at radius 1 is 1.55 bits per heavy atom. The van der Waals surface area contributed by atoms with E-state index in [2.05, 4.69) is 13.2 Å². The predicted molar refractivity (Wildman–Crippen MR) is 51.8 cm³/mol. The Balaban J connectivity index is 4.47. The molecule has 0 saturated heterocycles. The Morgan fingerprint density at radius 2 is 2.09 bits per heavy atom. The molecule has 0 atom stereocenters. The standard InChI is InChI=1S/C9H14ClN/c1-5-6-9(11(3)4)8(2)7-10/h5-6H,1-2,7H2,3-4H3/b9-6+. The topological polar surface area (TPSA) is 3.24 Å². The third-order valence-corrected chi connectivity index (χ3v) is 1.60. The van der Waals surface area contributed by atoms with E-state index in [-0.39, 0.29) is 0 Å². The molecular formula is C9H14ClN. The number of likely N-dealkylation sites (N-methyl/N-ethyl adjacent to an activating group) is 1. The first-order valence-electron chi connectivity index (χ1n) is 3.37. The van der Waals surface area contributed by atoms with E-state index in [0.717, 1.165) is 11.3 Å². The Labute approximate surface area is 73.7 Å². The largest absolute Gasteiger partial charge is 0.377 e. The van der Waals surface area contributed by atoms with Crippen molar-refractivity contribution in [1.29, 1.82) is 0 Å². The Kier molecular flexibility index (Phi) is 4.71. The summed E-state index contributed by atoms with van der Waals surface area (Å²) in [7, 11) is 3.90. The van der Waals surface area contributed by atoms with Gasteiger partial charge in [0.2, 0.25) is 0 Å². The van der Waals surface area contributed by atoms with Gasteiger partial charge in [0.15, 0.2) is 0 Å². The first-order chi connectivity index (χ1) is 5.13. The molecule has 62 valence electrons. The van der Waals surface area contributed by atoms with E-state index >= 15 is 0 Å². The maximum atomic E-state index is 5.63. The second kappa shape index (κ2) is 5.03. The van der Waals surface area contributed by atoms with Gasteiger partial charge >= 0.3 is 0 Å². The molecule has 0 radical (unpaired) electrons. The fourth-order valence-corrected chi connectivity index (χ4v) is 0.900. The maximum Gasteiger partial charge on any atom is 0.0488 e. The van der Waals surface area contributed by atoms with Crippen LogP contribution in [0.15, 0.2) is 36.6 Å². The first kappa shape index (κ1) is 10.3. The summed E-state index contributed by atoms with van der Waals surface area (Å²) in [6, 6.07) is 0. The molecule has 0 bridgehead atoms. The van der Waals surface area contributed by atoms with Crippen molar-refractivity contribution >= 4 is 11.6 Å². The van der Waals surface area contributed by atoms with Gasteiger partial charge < -0.3 is 4.90 Å². The molecule has 0 unspecified atom stereocenters. The lowest BCUT2D eigenvalue weighted by Crippen LogP contribution is -2.13. The summed E-state index contributed by atoms with van der Waals surface area (Å²) < 4.78 is 0.